The quantitative estimate of drug-likeness (QED) is 0.527. The number of hydrogen-bond donors (Lipinski definition) is 1. The lowest BCUT2D eigenvalue weighted by Crippen LogP contribution is -2.17. The molecule has 1 aliphatic rings. The number of alkyl halides is 1. The van der Waals surface area contributed by atoms with E-state index in [1.807, 2.05) is 0 Å². The minimum atomic E-state index is -0.374. The molecule has 3 nitrogen and oxygen atoms in total. The summed E-state index contributed by atoms with van der Waals surface area (Å²) in [5.41, 5.74) is -0.374. The molecule has 0 spiro atoms. The van der Waals surface area contributed by atoms with E-state index in [-0.39, 0.29) is 12.3 Å². The lowest BCUT2D eigenvalue weighted by atomic mass is 10.3. The number of nitrogens with zero attached hydrogens (tertiary/aromatic N) is 2. The van der Waals surface area contributed by atoms with Crippen LogP contribution >= 0.6 is 22.6 Å². The van der Waals surface area contributed by atoms with E-state index in [0.29, 0.717) is 0 Å². The highest BCUT2D eigenvalue weighted by Gasteiger charge is 2.37. The maximum Gasteiger partial charge on any atom is 0.222 e. The van der Waals surface area contributed by atoms with Crippen LogP contribution in [0.25, 0.3) is 0 Å². The van der Waals surface area contributed by atoms with Crippen molar-refractivity contribution in [2.24, 2.45) is 10.2 Å². The van der Waals surface area contributed by atoms with Crippen LogP contribution in [0.1, 0.15) is 0 Å². The van der Waals surface area contributed by atoms with E-state index in [1.54, 1.807) is 0 Å². The van der Waals surface area contributed by atoms with Gasteiger partial charge >= 0.3 is 0 Å². The maximum absolute atomic E-state index is 8.46. The van der Waals surface area contributed by atoms with Crippen LogP contribution in [0, 0.1) is 0 Å². The molecule has 0 amide bonds. The summed E-state index contributed by atoms with van der Waals surface area (Å²) in [6.07, 6.45) is 0. The second-order valence-corrected chi connectivity index (χ2v) is 2.24. The second kappa shape index (κ2) is 1.66. The molecule has 0 aromatic heterocycles. The molecule has 0 fully saturated rings. The third-order valence-electron chi connectivity index (χ3n) is 0.850. The van der Waals surface area contributed by atoms with E-state index in [0.717, 1.165) is 4.43 Å². The van der Waals surface area contributed by atoms with Crippen LogP contribution in [0.15, 0.2) is 10.2 Å². The van der Waals surface area contributed by atoms with Crippen molar-refractivity contribution in [2.45, 2.75) is 5.66 Å². The molecule has 1 aliphatic heterocycles. The Morgan fingerprint density at radius 3 is 2.14 bits per heavy atom. The molecule has 0 saturated heterocycles. The van der Waals surface area contributed by atoms with Crippen LogP contribution in [-0.2, 0) is 0 Å². The smallest absolute Gasteiger partial charge is 0.222 e. The normalized spacial score (nSPS) is 22.6. The second-order valence-electron chi connectivity index (χ2n) is 1.47. The standard InChI is InChI=1S/C3H5IN2O/c4-1-3(2-7)5-6-3/h7H,1-2H2. The Balaban J connectivity index is 2.31. The van der Waals surface area contributed by atoms with E-state index in [9.17, 15) is 0 Å². The molecule has 0 saturated carbocycles. The number of aliphatic hydroxyl groups excluding tert-OH is 1. The van der Waals surface area contributed by atoms with E-state index < -0.39 is 0 Å². The first-order valence-corrected chi connectivity index (χ1v) is 3.46. The zero-order valence-corrected chi connectivity index (χ0v) is 5.79. The molecule has 0 aliphatic carbocycles. The van der Waals surface area contributed by atoms with Crippen molar-refractivity contribution < 1.29 is 5.11 Å². The Kier molecular flexibility index (Phi) is 1.29. The minimum absolute atomic E-state index is 0.0654. The van der Waals surface area contributed by atoms with Gasteiger partial charge in [0.15, 0.2) is 0 Å². The van der Waals surface area contributed by atoms with Crippen LogP contribution < -0.4 is 0 Å². The van der Waals surface area contributed by atoms with Gasteiger partial charge in [0.05, 0.1) is 11.0 Å². The number of aliphatic hydroxyl groups is 1. The first-order chi connectivity index (χ1) is 3.33. The fraction of sp³-hybridized carbons (Fsp3) is 1.00. The summed E-state index contributed by atoms with van der Waals surface area (Å²) >= 11 is 2.15. The topological polar surface area (TPSA) is 45.0 Å². The van der Waals surface area contributed by atoms with Crippen molar-refractivity contribution in [3.8, 4) is 0 Å². The summed E-state index contributed by atoms with van der Waals surface area (Å²) in [7, 11) is 0. The maximum atomic E-state index is 8.46. The minimum Gasteiger partial charge on any atom is -0.392 e. The van der Waals surface area contributed by atoms with Gasteiger partial charge in [-0.25, -0.2) is 0 Å². The molecule has 0 radical (unpaired) electrons. The molecule has 1 N–H and O–H groups in total. The molecular weight excluding hydrogens is 207 g/mol. The Labute approximate surface area is 55.0 Å². The fourth-order valence-electron chi connectivity index (χ4n) is 0.230. The van der Waals surface area contributed by atoms with Crippen molar-refractivity contribution in [3.63, 3.8) is 0 Å². The molecule has 40 valence electrons. The predicted molar refractivity (Wildman–Crippen MR) is 33.6 cm³/mol. The largest absolute Gasteiger partial charge is 0.392 e. The van der Waals surface area contributed by atoms with Gasteiger partial charge in [0.25, 0.3) is 0 Å². The van der Waals surface area contributed by atoms with Crippen LogP contribution in [0.5, 0.6) is 0 Å². The Morgan fingerprint density at radius 2 is 2.14 bits per heavy atom. The van der Waals surface area contributed by atoms with Gasteiger partial charge in [0, 0.05) is 0 Å². The highest BCUT2D eigenvalue weighted by Crippen LogP contribution is 2.28. The number of rotatable bonds is 2. The van der Waals surface area contributed by atoms with Crippen LogP contribution in [0.2, 0.25) is 0 Å². The molecule has 7 heavy (non-hydrogen) atoms. The van der Waals surface area contributed by atoms with Gasteiger partial charge in [0.1, 0.15) is 0 Å². The van der Waals surface area contributed by atoms with Crippen molar-refractivity contribution in [3.05, 3.63) is 0 Å². The number of halogens is 1. The number of hydrogen-bond acceptors (Lipinski definition) is 3. The van der Waals surface area contributed by atoms with Crippen LogP contribution in [0.3, 0.4) is 0 Å². The third-order valence-corrected chi connectivity index (χ3v) is 2.07. The summed E-state index contributed by atoms with van der Waals surface area (Å²) in [6, 6.07) is 0. The van der Waals surface area contributed by atoms with E-state index in [4.69, 9.17) is 5.11 Å². The van der Waals surface area contributed by atoms with Crippen molar-refractivity contribution in [1.29, 1.82) is 0 Å². The summed E-state index contributed by atoms with van der Waals surface area (Å²) in [5, 5.41) is 15.7. The van der Waals surface area contributed by atoms with E-state index >= 15 is 0 Å². The Hall–Kier alpha value is 0.290. The molecule has 0 bridgehead atoms. The van der Waals surface area contributed by atoms with E-state index in [1.165, 1.54) is 0 Å². The van der Waals surface area contributed by atoms with E-state index in [2.05, 4.69) is 32.8 Å². The van der Waals surface area contributed by atoms with Gasteiger partial charge in [-0.2, -0.15) is 10.2 Å². The monoisotopic (exact) mass is 212 g/mol. The van der Waals surface area contributed by atoms with Gasteiger partial charge in [-0.15, -0.1) is 0 Å². The molecule has 1 heterocycles. The SMILES string of the molecule is OCC1(CI)N=N1. The fourth-order valence-corrected chi connectivity index (χ4v) is 0.776. The molecule has 1 rings (SSSR count). The average molecular weight is 212 g/mol. The summed E-state index contributed by atoms with van der Waals surface area (Å²) in [5.74, 6) is 0. The van der Waals surface area contributed by atoms with Gasteiger partial charge < -0.3 is 5.11 Å². The summed E-state index contributed by atoms with van der Waals surface area (Å²) < 4.78 is 0.793. The summed E-state index contributed by atoms with van der Waals surface area (Å²) in [4.78, 5) is 0. The molecule has 0 aromatic carbocycles. The van der Waals surface area contributed by atoms with Crippen molar-refractivity contribution in [2.75, 3.05) is 11.0 Å². The molecular formula is C3H5IN2O. The van der Waals surface area contributed by atoms with Gasteiger partial charge in [-0.05, 0) is 0 Å². The van der Waals surface area contributed by atoms with Gasteiger partial charge in [-0.1, -0.05) is 22.6 Å². The van der Waals surface area contributed by atoms with Crippen LogP contribution in [-0.4, -0.2) is 21.8 Å². The first-order valence-electron chi connectivity index (χ1n) is 1.94. The molecule has 4 heteroatoms. The average Bonchev–Trinajstić information content (AvgIpc) is 2.46. The highest BCUT2D eigenvalue weighted by molar-refractivity contribution is 14.1. The lowest BCUT2D eigenvalue weighted by molar-refractivity contribution is 0.257. The Bertz CT molecular complexity index is 91.1. The zero-order valence-electron chi connectivity index (χ0n) is 3.63. The van der Waals surface area contributed by atoms with Crippen LogP contribution in [0.4, 0.5) is 0 Å². The lowest BCUT2D eigenvalue weighted by Gasteiger charge is -1.96. The molecule has 0 atom stereocenters. The first kappa shape index (κ1) is 5.43. The highest BCUT2D eigenvalue weighted by atomic mass is 127. The Morgan fingerprint density at radius 1 is 1.57 bits per heavy atom. The van der Waals surface area contributed by atoms with Crippen molar-refractivity contribution in [1.82, 2.24) is 0 Å². The van der Waals surface area contributed by atoms with Gasteiger partial charge in [0.2, 0.25) is 5.66 Å². The summed E-state index contributed by atoms with van der Waals surface area (Å²) in [6.45, 7) is 0.0654. The zero-order chi connectivity index (χ0) is 5.33. The van der Waals surface area contributed by atoms with Gasteiger partial charge in [-0.3, -0.25) is 0 Å². The molecule has 0 aromatic rings. The third kappa shape index (κ3) is 0.908. The predicted octanol–water partition coefficient (Wildman–Crippen LogP) is 0.576. The van der Waals surface area contributed by atoms with Crippen molar-refractivity contribution >= 4 is 22.6 Å². The molecule has 0 unspecified atom stereocenters.